The summed E-state index contributed by atoms with van der Waals surface area (Å²) in [5.41, 5.74) is 5.36. The number of halogens is 1. The number of fused-ring (bicyclic) bond motifs is 1. The van der Waals surface area contributed by atoms with E-state index >= 15 is 0 Å². The Balaban J connectivity index is 1.91. The van der Waals surface area contributed by atoms with Crippen LogP contribution < -0.4 is 21.9 Å². The van der Waals surface area contributed by atoms with Crippen LogP contribution in [-0.2, 0) is 20.1 Å². The lowest BCUT2D eigenvalue weighted by Crippen LogP contribution is -2.44. The number of nitrogens with zero attached hydrogens (tertiary/aromatic N) is 7. The van der Waals surface area contributed by atoms with Crippen molar-refractivity contribution in [3.63, 3.8) is 0 Å². The summed E-state index contributed by atoms with van der Waals surface area (Å²) in [5.74, 6) is 6.30. The van der Waals surface area contributed by atoms with Crippen molar-refractivity contribution in [1.82, 2.24) is 18.7 Å². The number of hydrogen-bond donors (Lipinski definition) is 1. The summed E-state index contributed by atoms with van der Waals surface area (Å²) in [6.45, 7) is 2.65. The van der Waals surface area contributed by atoms with Gasteiger partial charge in [-0.2, -0.15) is 10.2 Å². The molecule has 2 atom stereocenters. The molecule has 1 fully saturated rings. The van der Waals surface area contributed by atoms with Gasteiger partial charge in [-0.1, -0.05) is 24.1 Å². The predicted octanol–water partition coefficient (Wildman–Crippen LogP) is 1.48. The quantitative estimate of drug-likeness (QED) is 0.412. The third-order valence-corrected chi connectivity index (χ3v) is 6.12. The fourth-order valence-corrected chi connectivity index (χ4v) is 4.32. The third-order valence-electron chi connectivity index (χ3n) is 6.12. The third kappa shape index (κ3) is 4.79. The van der Waals surface area contributed by atoms with E-state index in [1.165, 1.54) is 17.7 Å². The Labute approximate surface area is 207 Å². The molecule has 2 aromatic heterocycles. The smallest absolute Gasteiger partial charge is 0.332 e. The molecule has 2 N–H and O–H groups in total. The fourth-order valence-electron chi connectivity index (χ4n) is 4.32. The molecule has 0 bridgehead atoms. The highest BCUT2D eigenvalue weighted by Crippen LogP contribution is 2.23. The molecule has 3 heterocycles. The number of nitrogens with two attached hydrogens (primary N) is 1. The minimum atomic E-state index is -2.10. The van der Waals surface area contributed by atoms with Gasteiger partial charge in [-0.3, -0.25) is 23.5 Å². The Morgan fingerprint density at radius 1 is 1.31 bits per heavy atom. The Kier molecular flexibility index (Phi) is 7.32. The Morgan fingerprint density at radius 2 is 2.06 bits per heavy atom. The first-order valence-corrected chi connectivity index (χ1v) is 11.6. The lowest BCUT2D eigenvalue weighted by molar-refractivity contribution is 0.489. The molecule has 0 saturated carbocycles. The molecule has 0 spiro atoms. The van der Waals surface area contributed by atoms with Crippen molar-refractivity contribution in [2.75, 3.05) is 18.0 Å². The Bertz CT molecular complexity index is 1520. The minimum absolute atomic E-state index is 0.0334. The molecule has 1 aromatic carbocycles. The molecule has 2 unspecified atom stereocenters. The second-order valence-electron chi connectivity index (χ2n) is 8.61. The summed E-state index contributed by atoms with van der Waals surface area (Å²) in [6.07, 6.45) is -0.333. The molecule has 1 saturated heterocycles. The number of rotatable bonds is 6. The monoisotopic (exact) mass is 490 g/mol. The number of hydrogen-bond acceptors (Lipinski definition) is 7. The average molecular weight is 491 g/mol. The minimum Gasteiger partial charge on any atom is -0.341 e. The zero-order valence-corrected chi connectivity index (χ0v) is 20.2. The van der Waals surface area contributed by atoms with Crippen molar-refractivity contribution in [3.8, 4) is 17.9 Å². The van der Waals surface area contributed by atoms with E-state index in [-0.39, 0.29) is 29.5 Å². The Hall–Kier alpha value is -4.22. The van der Waals surface area contributed by atoms with Crippen molar-refractivity contribution < 1.29 is 4.39 Å². The topological polar surface area (TPSA) is 127 Å². The second-order valence-corrected chi connectivity index (χ2v) is 8.61. The second kappa shape index (κ2) is 10.6. The number of benzene rings is 1. The van der Waals surface area contributed by atoms with Crippen LogP contribution in [0.25, 0.3) is 11.2 Å². The van der Waals surface area contributed by atoms with Gasteiger partial charge in [-0.15, -0.1) is 5.92 Å². The summed E-state index contributed by atoms with van der Waals surface area (Å²) >= 11 is 0. The molecule has 186 valence electrons. The zero-order valence-electron chi connectivity index (χ0n) is 20.2. The fraction of sp³-hybridized carbons (Fsp3) is 0.400. The van der Waals surface area contributed by atoms with Crippen molar-refractivity contribution in [2.45, 2.75) is 45.1 Å². The van der Waals surface area contributed by atoms with Crippen LogP contribution in [0.15, 0.2) is 44.9 Å². The molecule has 0 amide bonds. The van der Waals surface area contributed by atoms with Gasteiger partial charge in [0, 0.05) is 26.2 Å². The number of aryl methyl sites for hydroxylation is 1. The van der Waals surface area contributed by atoms with Crippen LogP contribution in [-0.4, -0.2) is 49.7 Å². The van der Waals surface area contributed by atoms with Crippen molar-refractivity contribution in [2.24, 2.45) is 17.8 Å². The van der Waals surface area contributed by atoms with Gasteiger partial charge >= 0.3 is 5.69 Å². The normalized spacial score (nSPS) is 16.9. The van der Waals surface area contributed by atoms with Crippen LogP contribution in [0.5, 0.6) is 0 Å². The molecule has 10 nitrogen and oxygen atoms in total. The van der Waals surface area contributed by atoms with E-state index in [1.54, 1.807) is 41.8 Å². The molecular formula is C25H27FN8O2. The summed E-state index contributed by atoms with van der Waals surface area (Å²) in [4.78, 5) is 37.8. The predicted molar refractivity (Wildman–Crippen MR) is 136 cm³/mol. The van der Waals surface area contributed by atoms with E-state index in [0.29, 0.717) is 24.7 Å². The maximum absolute atomic E-state index is 14.6. The largest absolute Gasteiger partial charge is 0.341 e. The number of imidazole rings is 1. The van der Waals surface area contributed by atoms with Crippen LogP contribution >= 0.6 is 0 Å². The van der Waals surface area contributed by atoms with E-state index in [1.807, 2.05) is 4.90 Å². The summed E-state index contributed by atoms with van der Waals surface area (Å²) in [7, 11) is 1.50. The molecule has 0 radical (unpaired) electrons. The van der Waals surface area contributed by atoms with E-state index in [2.05, 4.69) is 21.8 Å². The first kappa shape index (κ1) is 24.9. The van der Waals surface area contributed by atoms with Crippen LogP contribution in [0, 0.1) is 23.2 Å². The SMILES string of the molecule is CC#CCn1c(N2CCCC(N)C2)nc2c1c(=O)n(CC(=Nc1ccccc1)C(F)C#N)c(=O)n2C. The summed E-state index contributed by atoms with van der Waals surface area (Å²) < 4.78 is 18.4. The Morgan fingerprint density at radius 3 is 2.72 bits per heavy atom. The van der Waals surface area contributed by atoms with Gasteiger partial charge in [-0.05, 0) is 31.9 Å². The van der Waals surface area contributed by atoms with Crippen LogP contribution in [0.2, 0.25) is 0 Å². The molecule has 1 aliphatic heterocycles. The van der Waals surface area contributed by atoms with E-state index in [4.69, 9.17) is 5.73 Å². The molecule has 3 aromatic rings. The van der Waals surface area contributed by atoms with Crippen molar-refractivity contribution >= 4 is 28.5 Å². The van der Waals surface area contributed by atoms with Gasteiger partial charge in [0.25, 0.3) is 5.56 Å². The van der Waals surface area contributed by atoms with Gasteiger partial charge in [0.1, 0.15) is 6.07 Å². The summed E-state index contributed by atoms with van der Waals surface area (Å²) in [5, 5.41) is 9.21. The van der Waals surface area contributed by atoms with Gasteiger partial charge in [-0.25, -0.2) is 9.18 Å². The number of alkyl halides is 1. The highest BCUT2D eigenvalue weighted by molar-refractivity contribution is 5.93. The standard InChI is InChI=1S/C25H27FN8O2/c1-3-4-13-33-21-22(30-24(33)32-12-8-9-17(28)15-32)31(2)25(36)34(23(21)35)16-20(19(26)14-27)29-18-10-6-5-7-11-18/h5-7,10-11,17,19H,8-9,12-13,15-16,28H2,1-2H3. The average Bonchev–Trinajstić information content (AvgIpc) is 3.28. The number of nitriles is 1. The van der Waals surface area contributed by atoms with Crippen LogP contribution in [0.1, 0.15) is 19.8 Å². The molecule has 36 heavy (non-hydrogen) atoms. The number of para-hydroxylation sites is 1. The number of anilines is 1. The van der Waals surface area contributed by atoms with Gasteiger partial charge in [0.2, 0.25) is 12.1 Å². The lowest BCUT2D eigenvalue weighted by Gasteiger charge is -2.31. The number of aliphatic imine (C=N–C) groups is 1. The molecular weight excluding hydrogens is 463 g/mol. The van der Waals surface area contributed by atoms with E-state index in [9.17, 15) is 19.2 Å². The number of aromatic nitrogens is 4. The van der Waals surface area contributed by atoms with Gasteiger partial charge in [0.15, 0.2) is 11.2 Å². The molecule has 0 aliphatic carbocycles. The lowest BCUT2D eigenvalue weighted by atomic mass is 10.1. The summed E-state index contributed by atoms with van der Waals surface area (Å²) in [6, 6.07) is 9.97. The zero-order chi connectivity index (χ0) is 25.8. The van der Waals surface area contributed by atoms with Crippen molar-refractivity contribution in [1.29, 1.82) is 5.26 Å². The van der Waals surface area contributed by atoms with E-state index in [0.717, 1.165) is 17.4 Å². The van der Waals surface area contributed by atoms with Gasteiger partial charge in [0.05, 0.1) is 24.5 Å². The highest BCUT2D eigenvalue weighted by atomic mass is 19.1. The van der Waals surface area contributed by atoms with Crippen LogP contribution in [0.4, 0.5) is 16.0 Å². The van der Waals surface area contributed by atoms with Crippen LogP contribution in [0.3, 0.4) is 0 Å². The van der Waals surface area contributed by atoms with Gasteiger partial charge < -0.3 is 10.6 Å². The highest BCUT2D eigenvalue weighted by Gasteiger charge is 2.27. The number of piperidine rings is 1. The maximum Gasteiger partial charge on any atom is 0.332 e. The first-order chi connectivity index (χ1) is 17.3. The first-order valence-electron chi connectivity index (χ1n) is 11.6. The molecule has 11 heteroatoms. The molecule has 1 aliphatic rings. The van der Waals surface area contributed by atoms with E-state index < -0.39 is 24.0 Å². The molecule has 4 rings (SSSR count). The maximum atomic E-state index is 14.6. The van der Waals surface area contributed by atoms with Crippen molar-refractivity contribution in [3.05, 3.63) is 51.2 Å².